The van der Waals surface area contributed by atoms with E-state index in [1.807, 2.05) is 31.2 Å². The van der Waals surface area contributed by atoms with Crippen LogP contribution in [0.3, 0.4) is 0 Å². The van der Waals surface area contributed by atoms with Gasteiger partial charge >= 0.3 is 0 Å². The van der Waals surface area contributed by atoms with Crippen LogP contribution in [0.1, 0.15) is 40.0 Å². The highest BCUT2D eigenvalue weighted by molar-refractivity contribution is 5.39. The van der Waals surface area contributed by atoms with E-state index in [9.17, 15) is 5.11 Å². The molecule has 0 aromatic heterocycles. The predicted octanol–water partition coefficient (Wildman–Crippen LogP) is 3.65. The van der Waals surface area contributed by atoms with E-state index < -0.39 is 0 Å². The first-order valence-electron chi connectivity index (χ1n) is 7.68. The van der Waals surface area contributed by atoms with Gasteiger partial charge in [0.25, 0.3) is 0 Å². The fourth-order valence-corrected chi connectivity index (χ4v) is 2.86. The fraction of sp³-hybridized carbons (Fsp3) is 0.647. The van der Waals surface area contributed by atoms with Crippen molar-refractivity contribution in [3.05, 3.63) is 24.3 Å². The van der Waals surface area contributed by atoms with Crippen molar-refractivity contribution in [1.29, 1.82) is 0 Å². The molecule has 0 spiro atoms. The van der Waals surface area contributed by atoms with Crippen molar-refractivity contribution in [2.45, 2.75) is 52.2 Å². The monoisotopic (exact) mass is 278 g/mol. The van der Waals surface area contributed by atoms with Gasteiger partial charge in [0.05, 0.1) is 12.7 Å². The molecule has 1 saturated carbocycles. The normalized spacial score (nSPS) is 26.6. The van der Waals surface area contributed by atoms with Crippen LogP contribution in [0, 0.1) is 11.8 Å². The van der Waals surface area contributed by atoms with Crippen LogP contribution in [0.15, 0.2) is 24.3 Å². The Kier molecular flexibility index (Phi) is 5.30. The van der Waals surface area contributed by atoms with Crippen molar-refractivity contribution in [1.82, 2.24) is 0 Å². The van der Waals surface area contributed by atoms with Crippen molar-refractivity contribution in [3.63, 3.8) is 0 Å². The summed E-state index contributed by atoms with van der Waals surface area (Å²) in [5.74, 6) is 2.76. The SMILES string of the molecule is CCOc1ccccc1OC1CC(C(C)C)CCC1O. The van der Waals surface area contributed by atoms with Crippen LogP contribution in [0.4, 0.5) is 0 Å². The topological polar surface area (TPSA) is 38.7 Å². The Morgan fingerprint density at radius 3 is 2.55 bits per heavy atom. The summed E-state index contributed by atoms with van der Waals surface area (Å²) < 4.78 is 11.6. The van der Waals surface area contributed by atoms with Gasteiger partial charge in [-0.1, -0.05) is 26.0 Å². The Morgan fingerprint density at radius 1 is 1.20 bits per heavy atom. The molecule has 1 aromatic carbocycles. The van der Waals surface area contributed by atoms with Gasteiger partial charge in [0, 0.05) is 0 Å². The highest BCUT2D eigenvalue weighted by Gasteiger charge is 2.32. The van der Waals surface area contributed by atoms with Crippen molar-refractivity contribution in [2.24, 2.45) is 11.8 Å². The molecule has 0 radical (unpaired) electrons. The second kappa shape index (κ2) is 6.98. The first kappa shape index (κ1) is 15.2. The number of hydrogen-bond donors (Lipinski definition) is 1. The van der Waals surface area contributed by atoms with E-state index in [0.717, 1.165) is 30.8 Å². The zero-order chi connectivity index (χ0) is 14.5. The second-order valence-electron chi connectivity index (χ2n) is 5.92. The van der Waals surface area contributed by atoms with Crippen LogP contribution >= 0.6 is 0 Å². The first-order valence-corrected chi connectivity index (χ1v) is 7.68. The van der Waals surface area contributed by atoms with E-state index in [1.54, 1.807) is 0 Å². The average Bonchev–Trinajstić information content (AvgIpc) is 2.43. The van der Waals surface area contributed by atoms with E-state index in [4.69, 9.17) is 9.47 Å². The fourth-order valence-electron chi connectivity index (χ4n) is 2.86. The van der Waals surface area contributed by atoms with E-state index in [-0.39, 0.29) is 12.2 Å². The van der Waals surface area contributed by atoms with Gasteiger partial charge in [0.15, 0.2) is 11.5 Å². The summed E-state index contributed by atoms with van der Waals surface area (Å²) in [5, 5.41) is 10.2. The van der Waals surface area contributed by atoms with E-state index in [1.165, 1.54) is 0 Å². The standard InChI is InChI=1S/C17H26O3/c1-4-19-15-7-5-6-8-16(15)20-17-11-13(12(2)3)9-10-14(17)18/h5-8,12-14,17-18H,4,9-11H2,1-3H3. The Bertz CT molecular complexity index is 416. The summed E-state index contributed by atoms with van der Waals surface area (Å²) in [4.78, 5) is 0. The third-order valence-corrected chi connectivity index (χ3v) is 4.17. The van der Waals surface area contributed by atoms with Gasteiger partial charge in [0.2, 0.25) is 0 Å². The maximum atomic E-state index is 10.2. The van der Waals surface area contributed by atoms with E-state index >= 15 is 0 Å². The molecule has 0 bridgehead atoms. The number of rotatable bonds is 5. The Hall–Kier alpha value is -1.22. The summed E-state index contributed by atoms with van der Waals surface area (Å²) in [6, 6.07) is 7.70. The molecule has 1 N–H and O–H groups in total. The third-order valence-electron chi connectivity index (χ3n) is 4.17. The lowest BCUT2D eigenvalue weighted by Gasteiger charge is -2.35. The number of benzene rings is 1. The van der Waals surface area contributed by atoms with Gasteiger partial charge in [-0.2, -0.15) is 0 Å². The zero-order valence-corrected chi connectivity index (χ0v) is 12.7. The van der Waals surface area contributed by atoms with Gasteiger partial charge in [0.1, 0.15) is 6.10 Å². The molecule has 3 nitrogen and oxygen atoms in total. The molecule has 0 aliphatic heterocycles. The second-order valence-corrected chi connectivity index (χ2v) is 5.92. The van der Waals surface area contributed by atoms with Crippen LogP contribution in [0.2, 0.25) is 0 Å². The molecule has 2 rings (SSSR count). The summed E-state index contributed by atoms with van der Waals surface area (Å²) in [6.45, 7) is 7.06. The quantitative estimate of drug-likeness (QED) is 0.893. The summed E-state index contributed by atoms with van der Waals surface area (Å²) in [6.07, 6.45) is 2.33. The average molecular weight is 278 g/mol. The molecule has 1 aromatic rings. The smallest absolute Gasteiger partial charge is 0.161 e. The minimum atomic E-state index is -0.375. The predicted molar refractivity (Wildman–Crippen MR) is 80.2 cm³/mol. The highest BCUT2D eigenvalue weighted by atomic mass is 16.5. The molecule has 3 unspecified atom stereocenters. The van der Waals surface area contributed by atoms with Crippen LogP contribution < -0.4 is 9.47 Å². The lowest BCUT2D eigenvalue weighted by atomic mass is 9.79. The number of hydrogen-bond acceptors (Lipinski definition) is 3. The van der Waals surface area contributed by atoms with Gasteiger partial charge in [-0.05, 0) is 50.2 Å². The van der Waals surface area contributed by atoms with Gasteiger partial charge < -0.3 is 14.6 Å². The zero-order valence-electron chi connectivity index (χ0n) is 12.7. The molecule has 112 valence electrons. The highest BCUT2D eigenvalue weighted by Crippen LogP contribution is 2.35. The van der Waals surface area contributed by atoms with Crippen molar-refractivity contribution in [2.75, 3.05) is 6.61 Å². The number of para-hydroxylation sites is 2. The van der Waals surface area contributed by atoms with Crippen LogP contribution in [0.5, 0.6) is 11.5 Å². The summed E-state index contributed by atoms with van der Waals surface area (Å²) >= 11 is 0. The van der Waals surface area contributed by atoms with E-state index in [2.05, 4.69) is 13.8 Å². The Balaban J connectivity index is 2.07. The van der Waals surface area contributed by atoms with Gasteiger partial charge in [-0.25, -0.2) is 0 Å². The van der Waals surface area contributed by atoms with Crippen LogP contribution in [-0.2, 0) is 0 Å². The van der Waals surface area contributed by atoms with Crippen molar-refractivity contribution in [3.8, 4) is 11.5 Å². The number of ether oxygens (including phenoxy) is 2. The molecular weight excluding hydrogens is 252 g/mol. The summed E-state index contributed by atoms with van der Waals surface area (Å²) in [5.41, 5.74) is 0. The minimum absolute atomic E-state index is 0.127. The molecule has 0 saturated heterocycles. The minimum Gasteiger partial charge on any atom is -0.490 e. The molecular formula is C17H26O3. The summed E-state index contributed by atoms with van der Waals surface area (Å²) in [7, 11) is 0. The molecule has 1 aliphatic carbocycles. The lowest BCUT2D eigenvalue weighted by Crippen LogP contribution is -2.39. The molecule has 0 amide bonds. The molecule has 3 heteroatoms. The van der Waals surface area contributed by atoms with Crippen LogP contribution in [-0.4, -0.2) is 23.9 Å². The largest absolute Gasteiger partial charge is 0.490 e. The van der Waals surface area contributed by atoms with Crippen molar-refractivity contribution < 1.29 is 14.6 Å². The molecule has 3 atom stereocenters. The number of aliphatic hydroxyl groups is 1. The maximum Gasteiger partial charge on any atom is 0.161 e. The lowest BCUT2D eigenvalue weighted by molar-refractivity contribution is -0.0188. The Morgan fingerprint density at radius 2 is 1.90 bits per heavy atom. The van der Waals surface area contributed by atoms with Crippen molar-refractivity contribution >= 4 is 0 Å². The molecule has 1 fully saturated rings. The third kappa shape index (κ3) is 3.66. The first-order chi connectivity index (χ1) is 9.61. The molecule has 1 aliphatic rings. The van der Waals surface area contributed by atoms with Crippen LogP contribution in [0.25, 0.3) is 0 Å². The Labute approximate surface area is 121 Å². The van der Waals surface area contributed by atoms with E-state index in [0.29, 0.717) is 18.4 Å². The molecule has 0 heterocycles. The molecule has 20 heavy (non-hydrogen) atoms. The maximum absolute atomic E-state index is 10.2. The number of aliphatic hydroxyl groups excluding tert-OH is 1. The van der Waals surface area contributed by atoms with Gasteiger partial charge in [-0.3, -0.25) is 0 Å². The van der Waals surface area contributed by atoms with Gasteiger partial charge in [-0.15, -0.1) is 0 Å².